The Kier molecular flexibility index (Phi) is 7.63. The van der Waals surface area contributed by atoms with E-state index >= 15 is 0 Å². The minimum absolute atomic E-state index is 0.196. The van der Waals surface area contributed by atoms with Gasteiger partial charge in [0.2, 0.25) is 5.13 Å². The van der Waals surface area contributed by atoms with Gasteiger partial charge in [-0.3, -0.25) is 14.9 Å². The lowest BCUT2D eigenvalue weighted by atomic mass is 9.96. The maximum Gasteiger partial charge on any atom is 0.327 e. The number of anilines is 1. The van der Waals surface area contributed by atoms with E-state index in [2.05, 4.69) is 20.8 Å². The third-order valence-electron chi connectivity index (χ3n) is 3.66. The number of ether oxygens (including phenoxy) is 1. The number of carbonyl (C=O) groups is 3. The third kappa shape index (κ3) is 6.28. The second-order valence-electron chi connectivity index (χ2n) is 5.67. The van der Waals surface area contributed by atoms with Crippen LogP contribution in [-0.2, 0) is 14.3 Å². The number of thioether (sulfide) groups is 1. The van der Waals surface area contributed by atoms with Crippen molar-refractivity contribution in [2.45, 2.75) is 61.6 Å². The number of amides is 2. The summed E-state index contributed by atoms with van der Waals surface area (Å²) < 4.78 is 5.31. The summed E-state index contributed by atoms with van der Waals surface area (Å²) in [7, 11) is 0. The zero-order chi connectivity index (χ0) is 18.2. The summed E-state index contributed by atoms with van der Waals surface area (Å²) in [6.07, 6.45) is 5.46. The van der Waals surface area contributed by atoms with E-state index in [4.69, 9.17) is 4.74 Å². The summed E-state index contributed by atoms with van der Waals surface area (Å²) in [6, 6.07) is -0.116. The highest BCUT2D eigenvalue weighted by Crippen LogP contribution is 2.30. The minimum Gasteiger partial charge on any atom is -0.465 e. The second kappa shape index (κ2) is 9.71. The van der Waals surface area contributed by atoms with E-state index in [9.17, 15) is 14.4 Å². The first kappa shape index (κ1) is 19.6. The van der Waals surface area contributed by atoms with Gasteiger partial charge in [0.25, 0.3) is 0 Å². The topological polar surface area (TPSA) is 110 Å². The predicted molar refractivity (Wildman–Crippen MR) is 95.9 cm³/mol. The number of urea groups is 1. The first-order valence-corrected chi connectivity index (χ1v) is 9.94. The lowest BCUT2D eigenvalue weighted by Gasteiger charge is -2.22. The molecule has 0 aliphatic heterocycles. The zero-order valence-corrected chi connectivity index (χ0v) is 15.9. The van der Waals surface area contributed by atoms with E-state index in [1.165, 1.54) is 13.3 Å². The van der Waals surface area contributed by atoms with Crippen LogP contribution < -0.4 is 10.6 Å². The first-order valence-electron chi connectivity index (χ1n) is 8.24. The standard InChI is InChI=1S/C15H22N4O4S2/c1-3-23-12(21)11(9(2)20)24-15-19-18-14(25-15)17-13(22)16-10-7-5-4-6-8-10/h10-11H,3-8H2,1-2H3,(H2,16,17,18,22)/t11-/m0/s1. The molecule has 0 aromatic carbocycles. The number of rotatable bonds is 7. The summed E-state index contributed by atoms with van der Waals surface area (Å²) in [6.45, 7) is 3.21. The van der Waals surface area contributed by atoms with E-state index in [0.29, 0.717) is 9.47 Å². The molecule has 1 aromatic rings. The van der Waals surface area contributed by atoms with Gasteiger partial charge < -0.3 is 10.1 Å². The summed E-state index contributed by atoms with van der Waals surface area (Å²) in [5.74, 6) is -0.914. The van der Waals surface area contributed by atoms with Crippen LogP contribution in [0.15, 0.2) is 4.34 Å². The van der Waals surface area contributed by atoms with Crippen molar-refractivity contribution in [2.75, 3.05) is 11.9 Å². The molecule has 2 amide bonds. The van der Waals surface area contributed by atoms with Crippen molar-refractivity contribution in [1.82, 2.24) is 15.5 Å². The van der Waals surface area contributed by atoms with Crippen LogP contribution in [0, 0.1) is 0 Å². The van der Waals surface area contributed by atoms with Crippen molar-refractivity contribution in [3.8, 4) is 0 Å². The number of ketones is 1. The largest absolute Gasteiger partial charge is 0.465 e. The summed E-state index contributed by atoms with van der Waals surface area (Å²) in [5, 5.41) is 12.7. The number of nitrogens with zero attached hydrogens (tertiary/aromatic N) is 2. The molecular weight excluding hydrogens is 364 g/mol. The van der Waals surface area contributed by atoms with Crippen molar-refractivity contribution >= 4 is 46.0 Å². The lowest BCUT2D eigenvalue weighted by molar-refractivity contribution is -0.144. The van der Waals surface area contributed by atoms with Gasteiger partial charge in [-0.25, -0.2) is 4.79 Å². The van der Waals surface area contributed by atoms with Crippen molar-refractivity contribution in [1.29, 1.82) is 0 Å². The molecule has 1 saturated carbocycles. The molecule has 1 aliphatic carbocycles. The van der Waals surface area contributed by atoms with Crippen molar-refractivity contribution in [3.63, 3.8) is 0 Å². The predicted octanol–water partition coefficient (Wildman–Crippen LogP) is 2.61. The molecule has 0 saturated heterocycles. The Morgan fingerprint density at radius 2 is 2.00 bits per heavy atom. The number of esters is 1. The van der Waals surface area contributed by atoms with Crippen molar-refractivity contribution in [2.24, 2.45) is 0 Å². The Labute approximate surface area is 154 Å². The molecule has 1 heterocycles. The Hall–Kier alpha value is -1.68. The van der Waals surface area contributed by atoms with E-state index in [0.717, 1.165) is 48.8 Å². The maximum atomic E-state index is 12.0. The smallest absolute Gasteiger partial charge is 0.327 e. The molecule has 2 N–H and O–H groups in total. The highest BCUT2D eigenvalue weighted by molar-refractivity contribution is 8.03. The molecule has 10 heteroatoms. The first-order chi connectivity index (χ1) is 12.0. The van der Waals surface area contributed by atoms with Gasteiger partial charge in [-0.05, 0) is 26.7 Å². The van der Waals surface area contributed by atoms with Crippen LogP contribution in [-0.4, -0.2) is 45.9 Å². The molecule has 0 spiro atoms. The van der Waals surface area contributed by atoms with E-state index in [1.54, 1.807) is 6.92 Å². The van der Waals surface area contributed by atoms with E-state index in [1.807, 2.05) is 0 Å². The molecule has 1 aliphatic rings. The van der Waals surface area contributed by atoms with Crippen molar-refractivity contribution < 1.29 is 19.1 Å². The van der Waals surface area contributed by atoms with Gasteiger partial charge in [0, 0.05) is 6.04 Å². The van der Waals surface area contributed by atoms with Crippen LogP contribution in [0.1, 0.15) is 46.0 Å². The molecule has 2 rings (SSSR count). The van der Waals surface area contributed by atoms with Gasteiger partial charge >= 0.3 is 12.0 Å². The van der Waals surface area contributed by atoms with Gasteiger partial charge in [0.15, 0.2) is 15.4 Å². The Balaban J connectivity index is 1.88. The maximum absolute atomic E-state index is 12.0. The van der Waals surface area contributed by atoms with Gasteiger partial charge in [0.1, 0.15) is 0 Å². The van der Waals surface area contributed by atoms with Gasteiger partial charge in [-0.15, -0.1) is 10.2 Å². The van der Waals surface area contributed by atoms with Crippen LogP contribution in [0.4, 0.5) is 9.93 Å². The number of aromatic nitrogens is 2. The molecule has 1 aromatic heterocycles. The third-order valence-corrected chi connectivity index (χ3v) is 5.87. The van der Waals surface area contributed by atoms with Gasteiger partial charge in [0.05, 0.1) is 6.61 Å². The second-order valence-corrected chi connectivity index (χ2v) is 8.00. The minimum atomic E-state index is -0.975. The van der Waals surface area contributed by atoms with Crippen LogP contribution >= 0.6 is 23.1 Å². The molecule has 0 unspecified atom stereocenters. The van der Waals surface area contributed by atoms with Gasteiger partial charge in [-0.2, -0.15) is 0 Å². The quantitative estimate of drug-likeness (QED) is 0.321. The molecule has 138 valence electrons. The van der Waals surface area contributed by atoms with E-state index in [-0.39, 0.29) is 24.5 Å². The monoisotopic (exact) mass is 386 g/mol. The van der Waals surface area contributed by atoms with Crippen LogP contribution in [0.3, 0.4) is 0 Å². The fraction of sp³-hybridized carbons (Fsp3) is 0.667. The van der Waals surface area contributed by atoms with Gasteiger partial charge in [-0.1, -0.05) is 42.4 Å². The molecular formula is C15H22N4O4S2. The number of hydrogen-bond donors (Lipinski definition) is 2. The fourth-order valence-electron chi connectivity index (χ4n) is 2.49. The zero-order valence-electron chi connectivity index (χ0n) is 14.2. The highest BCUT2D eigenvalue weighted by Gasteiger charge is 2.28. The Morgan fingerprint density at radius 1 is 1.28 bits per heavy atom. The SMILES string of the molecule is CCOC(=O)[C@@H](Sc1nnc(NC(=O)NC2CCCCC2)s1)C(C)=O. The lowest BCUT2D eigenvalue weighted by Crippen LogP contribution is -2.38. The number of hydrogen-bond acceptors (Lipinski definition) is 8. The number of nitrogens with one attached hydrogen (secondary N) is 2. The fourth-order valence-corrected chi connectivity index (χ4v) is 4.30. The molecule has 0 bridgehead atoms. The van der Waals surface area contributed by atoms with Crippen LogP contribution in [0.2, 0.25) is 0 Å². The summed E-state index contributed by atoms with van der Waals surface area (Å²) in [5.41, 5.74) is 0. The summed E-state index contributed by atoms with van der Waals surface area (Å²) in [4.78, 5) is 35.4. The highest BCUT2D eigenvalue weighted by atomic mass is 32.2. The molecule has 25 heavy (non-hydrogen) atoms. The van der Waals surface area contributed by atoms with E-state index < -0.39 is 11.2 Å². The van der Waals surface area contributed by atoms with Crippen molar-refractivity contribution in [3.05, 3.63) is 0 Å². The number of Topliss-reactive ketones (excluding diaryl/α,β-unsaturated/α-hetero) is 1. The van der Waals surface area contributed by atoms with Crippen LogP contribution in [0.5, 0.6) is 0 Å². The number of carbonyl (C=O) groups excluding carboxylic acids is 3. The molecule has 0 radical (unpaired) electrons. The summed E-state index contributed by atoms with van der Waals surface area (Å²) >= 11 is 2.09. The molecule has 8 nitrogen and oxygen atoms in total. The molecule has 1 atom stereocenters. The molecule has 1 fully saturated rings. The van der Waals surface area contributed by atoms with Crippen LogP contribution in [0.25, 0.3) is 0 Å². The Morgan fingerprint density at radius 3 is 2.64 bits per heavy atom. The average molecular weight is 386 g/mol. The average Bonchev–Trinajstić information content (AvgIpc) is 3.00. The normalized spacial score (nSPS) is 16.1. The Bertz CT molecular complexity index is 616.